The first kappa shape index (κ1) is 15.6. The van der Waals surface area contributed by atoms with Crippen LogP contribution >= 0.6 is 11.8 Å². The van der Waals surface area contributed by atoms with Gasteiger partial charge in [-0.05, 0) is 36.2 Å². The topological polar surface area (TPSA) is 46.4 Å². The van der Waals surface area contributed by atoms with Gasteiger partial charge in [-0.25, -0.2) is 9.37 Å². The number of hydrogen-bond donors (Lipinski definition) is 1. The molecule has 3 rings (SSSR count). The zero-order valence-electron chi connectivity index (χ0n) is 12.6. The van der Waals surface area contributed by atoms with Crippen LogP contribution in [-0.4, -0.2) is 21.0 Å². The van der Waals surface area contributed by atoms with E-state index in [0.29, 0.717) is 12.1 Å². The summed E-state index contributed by atoms with van der Waals surface area (Å²) in [5.74, 6) is -0.0961. The number of carbonyl (C=O) groups excluding carboxylic acids is 1. The van der Waals surface area contributed by atoms with Crippen molar-refractivity contribution >= 4 is 23.2 Å². The Morgan fingerprint density at radius 2 is 2.22 bits per heavy atom. The van der Waals surface area contributed by atoms with Crippen molar-refractivity contribution in [3.05, 3.63) is 65.7 Å². The number of imidazole rings is 1. The van der Waals surface area contributed by atoms with E-state index in [9.17, 15) is 9.18 Å². The Morgan fingerprint density at radius 3 is 3.04 bits per heavy atom. The number of nitrogens with zero attached hydrogens (tertiary/aromatic N) is 2. The third-order valence-electron chi connectivity index (χ3n) is 3.46. The highest BCUT2D eigenvalue weighted by Gasteiger charge is 2.08. The minimum absolute atomic E-state index is 0.108. The summed E-state index contributed by atoms with van der Waals surface area (Å²) >= 11 is 1.37. The van der Waals surface area contributed by atoms with Crippen molar-refractivity contribution in [1.82, 2.24) is 14.7 Å². The van der Waals surface area contributed by atoms with E-state index in [0.717, 1.165) is 16.2 Å². The molecule has 1 aromatic carbocycles. The number of aryl methyl sites for hydroxylation is 1. The van der Waals surface area contributed by atoms with E-state index in [4.69, 9.17) is 0 Å². The minimum atomic E-state index is -0.255. The second-order valence-corrected chi connectivity index (χ2v) is 6.13. The quantitative estimate of drug-likeness (QED) is 0.731. The number of aromatic nitrogens is 2. The molecule has 4 nitrogen and oxygen atoms in total. The van der Waals surface area contributed by atoms with E-state index in [1.165, 1.54) is 17.8 Å². The third kappa shape index (κ3) is 3.71. The summed E-state index contributed by atoms with van der Waals surface area (Å²) in [7, 11) is 0. The van der Waals surface area contributed by atoms with E-state index in [2.05, 4.69) is 10.3 Å². The molecule has 1 N–H and O–H groups in total. The molecule has 2 aromatic heterocycles. The molecule has 0 fully saturated rings. The number of amides is 1. The standard InChI is InChI=1S/C17H16FN3OS/c1-12-5-6-13(8-15(12)18)9-19-16(22)11-23-17-20-10-14-4-2-3-7-21(14)17/h2-8,10H,9,11H2,1H3,(H,19,22). The number of carbonyl (C=O) groups is 1. The van der Waals surface area contributed by atoms with Gasteiger partial charge in [-0.1, -0.05) is 30.0 Å². The number of hydrogen-bond acceptors (Lipinski definition) is 3. The fourth-order valence-electron chi connectivity index (χ4n) is 2.15. The Hall–Kier alpha value is -2.34. The van der Waals surface area contributed by atoms with Crippen molar-refractivity contribution in [2.75, 3.05) is 5.75 Å². The lowest BCUT2D eigenvalue weighted by atomic mass is 10.1. The number of pyridine rings is 1. The van der Waals surface area contributed by atoms with Crippen LogP contribution in [0.3, 0.4) is 0 Å². The van der Waals surface area contributed by atoms with Crippen molar-refractivity contribution in [2.24, 2.45) is 0 Å². The lowest BCUT2D eigenvalue weighted by molar-refractivity contribution is -0.118. The average molecular weight is 329 g/mol. The van der Waals surface area contributed by atoms with Gasteiger partial charge in [0.2, 0.25) is 5.91 Å². The first-order valence-corrected chi connectivity index (χ1v) is 8.18. The Morgan fingerprint density at radius 1 is 1.35 bits per heavy atom. The maximum absolute atomic E-state index is 13.5. The summed E-state index contributed by atoms with van der Waals surface area (Å²) in [6.45, 7) is 2.03. The molecule has 1 amide bonds. The van der Waals surface area contributed by atoms with Crippen LogP contribution < -0.4 is 5.32 Å². The normalized spacial score (nSPS) is 10.9. The molecule has 0 saturated carbocycles. The summed E-state index contributed by atoms with van der Waals surface area (Å²) < 4.78 is 15.4. The Bertz CT molecular complexity index is 847. The first-order chi connectivity index (χ1) is 11.1. The van der Waals surface area contributed by atoms with E-state index in [1.54, 1.807) is 19.2 Å². The van der Waals surface area contributed by atoms with Gasteiger partial charge < -0.3 is 5.32 Å². The summed E-state index contributed by atoms with van der Waals surface area (Å²) in [4.78, 5) is 16.2. The van der Waals surface area contributed by atoms with Crippen molar-refractivity contribution in [3.8, 4) is 0 Å². The van der Waals surface area contributed by atoms with Gasteiger partial charge in [0.25, 0.3) is 0 Å². The van der Waals surface area contributed by atoms with Crippen LogP contribution in [0.5, 0.6) is 0 Å². The first-order valence-electron chi connectivity index (χ1n) is 7.20. The van der Waals surface area contributed by atoms with E-state index < -0.39 is 0 Å². The van der Waals surface area contributed by atoms with E-state index in [-0.39, 0.29) is 17.5 Å². The lowest BCUT2D eigenvalue weighted by Crippen LogP contribution is -2.24. The highest BCUT2D eigenvalue weighted by molar-refractivity contribution is 7.99. The molecule has 0 aliphatic heterocycles. The van der Waals surface area contributed by atoms with Crippen LogP contribution in [0, 0.1) is 12.7 Å². The van der Waals surface area contributed by atoms with Gasteiger partial charge in [0, 0.05) is 12.7 Å². The Balaban J connectivity index is 1.54. The van der Waals surface area contributed by atoms with Gasteiger partial charge in [0.15, 0.2) is 5.16 Å². The van der Waals surface area contributed by atoms with Crippen molar-refractivity contribution < 1.29 is 9.18 Å². The van der Waals surface area contributed by atoms with Crippen molar-refractivity contribution in [3.63, 3.8) is 0 Å². The SMILES string of the molecule is Cc1ccc(CNC(=O)CSc2ncc3ccccn23)cc1F. The molecule has 6 heteroatoms. The minimum Gasteiger partial charge on any atom is -0.351 e. The highest BCUT2D eigenvalue weighted by atomic mass is 32.2. The van der Waals surface area contributed by atoms with Gasteiger partial charge in [0.1, 0.15) is 5.82 Å². The molecule has 0 atom stereocenters. The molecule has 3 aromatic rings. The highest BCUT2D eigenvalue weighted by Crippen LogP contribution is 2.18. The maximum Gasteiger partial charge on any atom is 0.230 e. The van der Waals surface area contributed by atoms with Gasteiger partial charge in [-0.15, -0.1) is 0 Å². The van der Waals surface area contributed by atoms with Gasteiger partial charge in [-0.3, -0.25) is 9.20 Å². The van der Waals surface area contributed by atoms with Crippen LogP contribution in [0.1, 0.15) is 11.1 Å². The Kier molecular flexibility index (Phi) is 4.62. The number of halogens is 1. The number of nitrogens with one attached hydrogen (secondary N) is 1. The second-order valence-electron chi connectivity index (χ2n) is 5.19. The molecule has 0 spiro atoms. The molecule has 0 radical (unpaired) electrons. The monoisotopic (exact) mass is 329 g/mol. The van der Waals surface area contributed by atoms with E-state index in [1.807, 2.05) is 34.9 Å². The summed E-state index contributed by atoms with van der Waals surface area (Å²) in [5.41, 5.74) is 2.34. The Labute approximate surface area is 137 Å². The number of benzene rings is 1. The third-order valence-corrected chi connectivity index (χ3v) is 4.43. The van der Waals surface area contributed by atoms with Crippen LogP contribution in [0.25, 0.3) is 5.52 Å². The molecule has 0 aliphatic rings. The zero-order chi connectivity index (χ0) is 16.2. The predicted octanol–water partition coefficient (Wildman–Crippen LogP) is 3.19. The van der Waals surface area contributed by atoms with Crippen LogP contribution in [0.4, 0.5) is 4.39 Å². The molecule has 0 unspecified atom stereocenters. The van der Waals surface area contributed by atoms with Gasteiger partial charge in [0.05, 0.1) is 17.5 Å². The summed E-state index contributed by atoms with van der Waals surface area (Å²) in [6.07, 6.45) is 3.69. The van der Waals surface area contributed by atoms with Crippen molar-refractivity contribution in [1.29, 1.82) is 0 Å². The molecule has 23 heavy (non-hydrogen) atoms. The number of rotatable bonds is 5. The molecule has 2 heterocycles. The van der Waals surface area contributed by atoms with Crippen LogP contribution in [0.15, 0.2) is 53.9 Å². The predicted molar refractivity (Wildman–Crippen MR) is 88.9 cm³/mol. The smallest absolute Gasteiger partial charge is 0.230 e. The molecular weight excluding hydrogens is 313 g/mol. The fourth-order valence-corrected chi connectivity index (χ4v) is 2.95. The maximum atomic E-state index is 13.5. The average Bonchev–Trinajstić information content (AvgIpc) is 2.97. The zero-order valence-corrected chi connectivity index (χ0v) is 13.4. The largest absolute Gasteiger partial charge is 0.351 e. The summed E-state index contributed by atoms with van der Waals surface area (Å²) in [6, 6.07) is 10.8. The fraction of sp³-hybridized carbons (Fsp3) is 0.176. The molecule has 118 valence electrons. The number of fused-ring (bicyclic) bond motifs is 1. The second kappa shape index (κ2) is 6.83. The summed E-state index contributed by atoms with van der Waals surface area (Å²) in [5, 5.41) is 3.57. The molecule has 0 bridgehead atoms. The number of thioether (sulfide) groups is 1. The van der Waals surface area contributed by atoms with E-state index >= 15 is 0 Å². The van der Waals surface area contributed by atoms with Crippen molar-refractivity contribution in [2.45, 2.75) is 18.6 Å². The van der Waals surface area contributed by atoms with Gasteiger partial charge >= 0.3 is 0 Å². The molecule has 0 saturated heterocycles. The lowest BCUT2D eigenvalue weighted by Gasteiger charge is -2.06. The van der Waals surface area contributed by atoms with Crippen LogP contribution in [-0.2, 0) is 11.3 Å². The van der Waals surface area contributed by atoms with Gasteiger partial charge in [-0.2, -0.15) is 0 Å². The molecular formula is C17H16FN3OS. The van der Waals surface area contributed by atoms with Crippen LogP contribution in [0.2, 0.25) is 0 Å². The molecule has 0 aliphatic carbocycles.